The summed E-state index contributed by atoms with van der Waals surface area (Å²) in [6.45, 7) is 7.13. The number of benzene rings is 1. The van der Waals surface area contributed by atoms with Gasteiger partial charge in [-0.3, -0.25) is 0 Å². The maximum absolute atomic E-state index is 12.2. The Morgan fingerprint density at radius 1 is 1.23 bits per heavy atom. The van der Waals surface area contributed by atoms with Crippen molar-refractivity contribution in [3.8, 4) is 0 Å². The zero-order valence-corrected chi connectivity index (χ0v) is 13.8. The molecule has 1 aromatic carbocycles. The highest BCUT2D eigenvalue weighted by Crippen LogP contribution is 2.52. The summed E-state index contributed by atoms with van der Waals surface area (Å²) in [5.74, 6) is 1.27. The van der Waals surface area contributed by atoms with E-state index in [1.165, 1.54) is 5.57 Å². The fourth-order valence-corrected chi connectivity index (χ4v) is 4.09. The van der Waals surface area contributed by atoms with Gasteiger partial charge in [0.05, 0.1) is 5.56 Å². The number of hydrogen-bond donors (Lipinski definition) is 0. The van der Waals surface area contributed by atoms with E-state index in [-0.39, 0.29) is 12.1 Å². The predicted octanol–water partition coefficient (Wildman–Crippen LogP) is 5.00. The van der Waals surface area contributed by atoms with Crippen molar-refractivity contribution in [2.45, 2.75) is 52.6 Å². The molecule has 0 spiro atoms. The molecule has 0 amide bonds. The van der Waals surface area contributed by atoms with Crippen molar-refractivity contribution < 1.29 is 9.53 Å². The van der Waals surface area contributed by atoms with Crippen molar-refractivity contribution in [3.05, 3.63) is 47.5 Å². The van der Waals surface area contributed by atoms with Gasteiger partial charge in [0.1, 0.15) is 6.10 Å². The summed E-state index contributed by atoms with van der Waals surface area (Å²) in [7, 11) is 0. The van der Waals surface area contributed by atoms with Crippen LogP contribution in [-0.2, 0) is 4.74 Å². The summed E-state index contributed by atoms with van der Waals surface area (Å²) in [4.78, 5) is 12.2. The standard InChI is InChI=1S/C20H26O2/c1-14-9-10-17-13-18(11-12-20(17,3)15(14)2)22-19(21)16-7-5-4-6-8-16/h4-8,10,14-15,18H,9,11-13H2,1-3H3/t14?,15?,18-,20+/m0/s1. The smallest absolute Gasteiger partial charge is 0.338 e. The molecule has 0 radical (unpaired) electrons. The fourth-order valence-electron chi connectivity index (χ4n) is 4.09. The van der Waals surface area contributed by atoms with Gasteiger partial charge in [0, 0.05) is 6.42 Å². The van der Waals surface area contributed by atoms with Crippen molar-refractivity contribution in [2.75, 3.05) is 0 Å². The molecule has 0 heterocycles. The van der Waals surface area contributed by atoms with Gasteiger partial charge < -0.3 is 4.74 Å². The number of hydrogen-bond acceptors (Lipinski definition) is 2. The summed E-state index contributed by atoms with van der Waals surface area (Å²) < 4.78 is 5.75. The summed E-state index contributed by atoms with van der Waals surface area (Å²) in [6.07, 6.45) is 6.61. The zero-order valence-electron chi connectivity index (χ0n) is 13.8. The Hall–Kier alpha value is -1.57. The van der Waals surface area contributed by atoms with Gasteiger partial charge in [-0.1, -0.05) is 50.6 Å². The first kappa shape index (κ1) is 15.3. The second kappa shape index (κ2) is 5.91. The molecule has 4 atom stereocenters. The molecule has 1 aromatic rings. The lowest BCUT2D eigenvalue weighted by atomic mass is 9.57. The van der Waals surface area contributed by atoms with Gasteiger partial charge in [-0.05, 0) is 48.6 Å². The second-order valence-corrected chi connectivity index (χ2v) is 7.28. The molecule has 2 heteroatoms. The Balaban J connectivity index is 1.69. The van der Waals surface area contributed by atoms with Crippen molar-refractivity contribution in [1.29, 1.82) is 0 Å². The van der Waals surface area contributed by atoms with E-state index in [2.05, 4.69) is 26.8 Å². The summed E-state index contributed by atoms with van der Waals surface area (Å²) in [5, 5.41) is 0. The number of carbonyl (C=O) groups is 1. The minimum absolute atomic E-state index is 0.0348. The van der Waals surface area contributed by atoms with Crippen molar-refractivity contribution in [2.24, 2.45) is 17.3 Å². The Labute approximate surface area is 133 Å². The first-order valence-corrected chi connectivity index (χ1v) is 8.46. The number of ether oxygens (including phenoxy) is 1. The van der Waals surface area contributed by atoms with Gasteiger partial charge in [-0.25, -0.2) is 4.79 Å². The zero-order chi connectivity index (χ0) is 15.7. The third kappa shape index (κ3) is 2.71. The summed E-state index contributed by atoms with van der Waals surface area (Å²) >= 11 is 0. The van der Waals surface area contributed by atoms with E-state index in [0.29, 0.717) is 16.9 Å². The predicted molar refractivity (Wildman–Crippen MR) is 88.6 cm³/mol. The van der Waals surface area contributed by atoms with E-state index in [4.69, 9.17) is 4.74 Å². The molecule has 0 saturated heterocycles. The van der Waals surface area contributed by atoms with Crippen molar-refractivity contribution >= 4 is 5.97 Å². The van der Waals surface area contributed by atoms with Crippen LogP contribution in [0.1, 0.15) is 56.8 Å². The van der Waals surface area contributed by atoms with Crippen LogP contribution in [0.15, 0.2) is 42.0 Å². The number of allylic oxidation sites excluding steroid dienone is 1. The van der Waals surface area contributed by atoms with E-state index in [1.807, 2.05) is 30.3 Å². The van der Waals surface area contributed by atoms with Crippen LogP contribution in [0, 0.1) is 17.3 Å². The van der Waals surface area contributed by atoms with Crippen LogP contribution in [0.3, 0.4) is 0 Å². The van der Waals surface area contributed by atoms with E-state index < -0.39 is 0 Å². The average molecular weight is 298 g/mol. The molecule has 2 unspecified atom stereocenters. The molecule has 0 bridgehead atoms. The minimum atomic E-state index is -0.188. The van der Waals surface area contributed by atoms with Crippen LogP contribution in [0.2, 0.25) is 0 Å². The Morgan fingerprint density at radius 3 is 2.68 bits per heavy atom. The monoisotopic (exact) mass is 298 g/mol. The van der Waals surface area contributed by atoms with E-state index in [9.17, 15) is 4.79 Å². The molecule has 2 aliphatic carbocycles. The van der Waals surface area contributed by atoms with Gasteiger partial charge >= 0.3 is 5.97 Å². The third-order valence-electron chi connectivity index (χ3n) is 6.04. The molecule has 2 nitrogen and oxygen atoms in total. The molecule has 0 aromatic heterocycles. The summed E-state index contributed by atoms with van der Waals surface area (Å²) in [6, 6.07) is 9.30. The molecule has 3 rings (SSSR count). The molecule has 1 saturated carbocycles. The average Bonchev–Trinajstić information content (AvgIpc) is 2.54. The normalized spacial score (nSPS) is 34.5. The van der Waals surface area contributed by atoms with Gasteiger partial charge in [0.15, 0.2) is 0 Å². The topological polar surface area (TPSA) is 26.3 Å². The maximum Gasteiger partial charge on any atom is 0.338 e. The van der Waals surface area contributed by atoms with Crippen molar-refractivity contribution in [3.63, 3.8) is 0 Å². The van der Waals surface area contributed by atoms with E-state index >= 15 is 0 Å². The number of carbonyl (C=O) groups excluding carboxylic acids is 1. The lowest BCUT2D eigenvalue weighted by Crippen LogP contribution is -2.41. The largest absolute Gasteiger partial charge is 0.458 e. The van der Waals surface area contributed by atoms with Gasteiger partial charge in [0.2, 0.25) is 0 Å². The van der Waals surface area contributed by atoms with Crippen molar-refractivity contribution in [1.82, 2.24) is 0 Å². The van der Waals surface area contributed by atoms with Crippen LogP contribution in [0.25, 0.3) is 0 Å². The number of esters is 1. The van der Waals surface area contributed by atoms with Gasteiger partial charge in [-0.2, -0.15) is 0 Å². The quantitative estimate of drug-likeness (QED) is 0.567. The highest BCUT2D eigenvalue weighted by Gasteiger charge is 2.44. The molecule has 0 N–H and O–H groups in total. The van der Waals surface area contributed by atoms with Crippen LogP contribution in [0.4, 0.5) is 0 Å². The highest BCUT2D eigenvalue weighted by atomic mass is 16.5. The van der Waals surface area contributed by atoms with E-state index in [0.717, 1.165) is 31.6 Å². The second-order valence-electron chi connectivity index (χ2n) is 7.28. The molecule has 0 aliphatic heterocycles. The van der Waals surface area contributed by atoms with Crippen LogP contribution >= 0.6 is 0 Å². The molecular weight excluding hydrogens is 272 g/mol. The Morgan fingerprint density at radius 2 is 1.95 bits per heavy atom. The number of fused-ring (bicyclic) bond motifs is 1. The Bertz CT molecular complexity index is 575. The number of rotatable bonds is 2. The van der Waals surface area contributed by atoms with Crippen LogP contribution in [0.5, 0.6) is 0 Å². The third-order valence-corrected chi connectivity index (χ3v) is 6.04. The molecule has 2 aliphatic rings. The lowest BCUT2D eigenvalue weighted by Gasteiger charge is -2.48. The first-order valence-electron chi connectivity index (χ1n) is 8.46. The maximum atomic E-state index is 12.2. The molecule has 22 heavy (non-hydrogen) atoms. The van der Waals surface area contributed by atoms with Gasteiger partial charge in [0.25, 0.3) is 0 Å². The molecule has 118 valence electrons. The van der Waals surface area contributed by atoms with E-state index in [1.54, 1.807) is 0 Å². The fraction of sp³-hybridized carbons (Fsp3) is 0.550. The van der Waals surface area contributed by atoms with Crippen LogP contribution < -0.4 is 0 Å². The summed E-state index contributed by atoms with van der Waals surface area (Å²) in [5.41, 5.74) is 2.46. The lowest BCUT2D eigenvalue weighted by molar-refractivity contribution is 0.00935. The minimum Gasteiger partial charge on any atom is -0.458 e. The first-order chi connectivity index (χ1) is 10.5. The SMILES string of the molecule is CC1CC=C2C[C@@H](OC(=O)c3ccccc3)CC[C@]2(C)C1C. The van der Waals surface area contributed by atoms with Crippen LogP contribution in [-0.4, -0.2) is 12.1 Å². The molecular formula is C20H26O2. The molecule has 1 fully saturated rings. The highest BCUT2D eigenvalue weighted by molar-refractivity contribution is 5.89. The Kier molecular flexibility index (Phi) is 4.12. The van der Waals surface area contributed by atoms with Gasteiger partial charge in [-0.15, -0.1) is 0 Å².